The van der Waals surface area contributed by atoms with Gasteiger partial charge in [-0.2, -0.15) is 0 Å². The largest absolute Gasteiger partial charge is 0.478 e. The van der Waals surface area contributed by atoms with Crippen LogP contribution in [0.5, 0.6) is 5.75 Å². The van der Waals surface area contributed by atoms with Crippen LogP contribution in [0, 0.1) is 22.9 Å². The van der Waals surface area contributed by atoms with Crippen LogP contribution in [-0.4, -0.2) is 16.9 Å². The van der Waals surface area contributed by atoms with Gasteiger partial charge in [-0.05, 0) is 19.9 Å². The topological polar surface area (TPSA) is 107 Å². The quantitative estimate of drug-likeness (QED) is 0.359. The molecule has 3 N–H and O–H groups in total. The van der Waals surface area contributed by atoms with Crippen molar-refractivity contribution in [3.05, 3.63) is 33.6 Å². The Morgan fingerprint density at radius 2 is 2.22 bits per heavy atom. The van der Waals surface area contributed by atoms with Crippen molar-refractivity contribution in [3.8, 4) is 5.75 Å². The Labute approximate surface area is 102 Å². The van der Waals surface area contributed by atoms with Gasteiger partial charge in [-0.3, -0.25) is 20.3 Å². The highest BCUT2D eigenvalue weighted by Gasteiger charge is 2.20. The van der Waals surface area contributed by atoms with Crippen LogP contribution in [-0.2, 0) is 4.79 Å². The number of halogens is 1. The van der Waals surface area contributed by atoms with E-state index in [4.69, 9.17) is 10.6 Å². The van der Waals surface area contributed by atoms with E-state index < -0.39 is 22.8 Å². The second-order valence-corrected chi connectivity index (χ2v) is 3.59. The number of hydrazine groups is 1. The third-order valence-corrected chi connectivity index (χ3v) is 2.26. The lowest BCUT2D eigenvalue weighted by atomic mass is 10.2. The summed E-state index contributed by atoms with van der Waals surface area (Å²) in [7, 11) is 0. The van der Waals surface area contributed by atoms with Crippen molar-refractivity contribution in [3.63, 3.8) is 0 Å². The molecule has 1 unspecified atom stereocenters. The zero-order valence-electron chi connectivity index (χ0n) is 9.77. The predicted molar refractivity (Wildman–Crippen MR) is 60.2 cm³/mol. The highest BCUT2D eigenvalue weighted by molar-refractivity contribution is 5.80. The fraction of sp³-hybridized carbons (Fsp3) is 0.300. The molecular formula is C10H12FN3O4. The molecular weight excluding hydrogens is 245 g/mol. The molecule has 1 rings (SSSR count). The van der Waals surface area contributed by atoms with Crippen molar-refractivity contribution in [1.82, 2.24) is 5.43 Å². The van der Waals surface area contributed by atoms with E-state index in [1.54, 1.807) is 0 Å². The minimum atomic E-state index is -1.01. The Balaban J connectivity index is 3.02. The zero-order valence-corrected chi connectivity index (χ0v) is 9.77. The van der Waals surface area contributed by atoms with Crippen LogP contribution in [0.15, 0.2) is 12.1 Å². The van der Waals surface area contributed by atoms with Crippen LogP contribution >= 0.6 is 0 Å². The summed E-state index contributed by atoms with van der Waals surface area (Å²) in [6.45, 7) is 2.82. The molecule has 1 amide bonds. The predicted octanol–water partition coefficient (Wildman–Crippen LogP) is 0.800. The first-order valence-corrected chi connectivity index (χ1v) is 4.98. The number of nitrogens with two attached hydrogens (primary N) is 1. The SMILES string of the molecule is Cc1cc(OC(C)C(=O)NN)c(F)cc1[N+](=O)[O-]. The lowest BCUT2D eigenvalue weighted by Gasteiger charge is -2.13. The molecule has 18 heavy (non-hydrogen) atoms. The highest BCUT2D eigenvalue weighted by atomic mass is 19.1. The van der Waals surface area contributed by atoms with E-state index in [0.717, 1.165) is 12.1 Å². The monoisotopic (exact) mass is 257 g/mol. The van der Waals surface area contributed by atoms with Gasteiger partial charge in [0, 0.05) is 5.56 Å². The van der Waals surface area contributed by atoms with E-state index >= 15 is 0 Å². The van der Waals surface area contributed by atoms with Crippen molar-refractivity contribution in [2.24, 2.45) is 5.84 Å². The molecule has 1 atom stereocenters. The van der Waals surface area contributed by atoms with Gasteiger partial charge in [-0.1, -0.05) is 0 Å². The van der Waals surface area contributed by atoms with Crippen LogP contribution in [0.4, 0.5) is 10.1 Å². The number of hydrogen-bond acceptors (Lipinski definition) is 5. The lowest BCUT2D eigenvalue weighted by molar-refractivity contribution is -0.385. The molecule has 0 aromatic heterocycles. The van der Waals surface area contributed by atoms with Gasteiger partial charge in [0.2, 0.25) is 0 Å². The van der Waals surface area contributed by atoms with Crippen molar-refractivity contribution in [2.45, 2.75) is 20.0 Å². The summed E-state index contributed by atoms with van der Waals surface area (Å²) in [5.41, 5.74) is 1.74. The Morgan fingerprint density at radius 1 is 1.61 bits per heavy atom. The van der Waals surface area contributed by atoms with E-state index in [1.807, 2.05) is 5.43 Å². The maximum Gasteiger partial charge on any atom is 0.275 e. The van der Waals surface area contributed by atoms with Gasteiger partial charge in [-0.25, -0.2) is 10.2 Å². The Kier molecular flexibility index (Phi) is 4.16. The van der Waals surface area contributed by atoms with E-state index in [1.165, 1.54) is 13.8 Å². The molecule has 0 spiro atoms. The maximum atomic E-state index is 13.5. The van der Waals surface area contributed by atoms with Crippen molar-refractivity contribution in [1.29, 1.82) is 0 Å². The number of amides is 1. The lowest BCUT2D eigenvalue weighted by Crippen LogP contribution is -2.40. The van der Waals surface area contributed by atoms with Gasteiger partial charge >= 0.3 is 0 Å². The van der Waals surface area contributed by atoms with Gasteiger partial charge in [0.15, 0.2) is 17.7 Å². The van der Waals surface area contributed by atoms with Crippen LogP contribution in [0.2, 0.25) is 0 Å². The minimum absolute atomic E-state index is 0.233. The number of carbonyl (C=O) groups excluding carboxylic acids is 1. The normalized spacial score (nSPS) is 11.8. The summed E-state index contributed by atoms with van der Waals surface area (Å²) in [6.07, 6.45) is -1.01. The average molecular weight is 257 g/mol. The number of ether oxygens (including phenoxy) is 1. The number of nitro groups is 1. The number of benzene rings is 1. The van der Waals surface area contributed by atoms with Gasteiger partial charge < -0.3 is 4.74 Å². The van der Waals surface area contributed by atoms with Crippen LogP contribution in [0.3, 0.4) is 0 Å². The highest BCUT2D eigenvalue weighted by Crippen LogP contribution is 2.27. The Morgan fingerprint density at radius 3 is 2.72 bits per heavy atom. The maximum absolute atomic E-state index is 13.5. The minimum Gasteiger partial charge on any atom is -0.478 e. The fourth-order valence-electron chi connectivity index (χ4n) is 1.29. The number of aryl methyl sites for hydroxylation is 1. The van der Waals surface area contributed by atoms with E-state index in [0.29, 0.717) is 0 Å². The Bertz CT molecular complexity index is 492. The third-order valence-electron chi connectivity index (χ3n) is 2.26. The van der Waals surface area contributed by atoms with Crippen LogP contribution in [0.1, 0.15) is 12.5 Å². The number of carbonyl (C=O) groups is 1. The Hall–Kier alpha value is -2.22. The average Bonchev–Trinajstić information content (AvgIpc) is 2.31. The molecule has 7 nitrogen and oxygen atoms in total. The standard InChI is InChI=1S/C10H12FN3O4/c1-5-3-9(18-6(2)10(15)13-12)7(11)4-8(5)14(16)17/h3-4,6H,12H2,1-2H3,(H,13,15). The summed E-state index contributed by atoms with van der Waals surface area (Å²) in [5, 5.41) is 10.6. The zero-order chi connectivity index (χ0) is 13.9. The number of nitrogens with zero attached hydrogens (tertiary/aromatic N) is 1. The molecule has 0 aliphatic heterocycles. The van der Waals surface area contributed by atoms with Crippen molar-refractivity contribution >= 4 is 11.6 Å². The van der Waals surface area contributed by atoms with Crippen molar-refractivity contribution < 1.29 is 18.8 Å². The van der Waals surface area contributed by atoms with Crippen LogP contribution < -0.4 is 16.0 Å². The molecule has 0 radical (unpaired) electrons. The summed E-state index contributed by atoms with van der Waals surface area (Å²) < 4.78 is 18.5. The molecule has 0 saturated carbocycles. The van der Waals surface area contributed by atoms with Gasteiger partial charge in [0.25, 0.3) is 11.6 Å². The second kappa shape index (κ2) is 5.41. The smallest absolute Gasteiger partial charge is 0.275 e. The number of rotatable bonds is 4. The molecule has 0 fully saturated rings. The first-order valence-electron chi connectivity index (χ1n) is 4.98. The molecule has 0 heterocycles. The number of nitro benzene ring substituents is 1. The van der Waals surface area contributed by atoms with Gasteiger partial charge in [0.1, 0.15) is 0 Å². The fourth-order valence-corrected chi connectivity index (χ4v) is 1.29. The van der Waals surface area contributed by atoms with Crippen molar-refractivity contribution in [2.75, 3.05) is 0 Å². The van der Waals surface area contributed by atoms with E-state index in [-0.39, 0.29) is 17.0 Å². The second-order valence-electron chi connectivity index (χ2n) is 3.59. The molecule has 1 aromatic rings. The molecule has 0 bridgehead atoms. The third kappa shape index (κ3) is 2.92. The van der Waals surface area contributed by atoms with Crippen LogP contribution in [0.25, 0.3) is 0 Å². The summed E-state index contributed by atoms with van der Waals surface area (Å²) in [6, 6.07) is 1.91. The molecule has 98 valence electrons. The number of hydrogen-bond donors (Lipinski definition) is 2. The molecule has 0 aliphatic rings. The first kappa shape index (κ1) is 13.8. The molecule has 0 saturated heterocycles. The van der Waals surface area contributed by atoms with Gasteiger partial charge in [-0.15, -0.1) is 0 Å². The summed E-state index contributed by atoms with van der Waals surface area (Å²) in [5.74, 6) is 3.11. The first-order chi connectivity index (χ1) is 8.36. The molecule has 0 aliphatic carbocycles. The van der Waals surface area contributed by atoms with Gasteiger partial charge in [0.05, 0.1) is 11.0 Å². The molecule has 1 aromatic carbocycles. The summed E-state index contributed by atoms with van der Waals surface area (Å²) >= 11 is 0. The van der Waals surface area contributed by atoms with E-state index in [9.17, 15) is 19.3 Å². The number of nitrogens with one attached hydrogen (secondary N) is 1. The summed E-state index contributed by atoms with van der Waals surface area (Å²) in [4.78, 5) is 21.0. The van der Waals surface area contributed by atoms with E-state index in [2.05, 4.69) is 0 Å². The molecule has 8 heteroatoms.